The van der Waals surface area contributed by atoms with Gasteiger partial charge in [-0.05, 0) is 12.0 Å². The number of carbonyl (C=O) groups is 1. The molecular weight excluding hydrogens is 252 g/mol. The van der Waals surface area contributed by atoms with Crippen molar-refractivity contribution in [1.82, 2.24) is 4.98 Å². The molecule has 2 unspecified atom stereocenters. The Bertz CT molecular complexity index is 660. The molecule has 104 valence electrons. The highest BCUT2D eigenvalue weighted by atomic mass is 16.1. The number of carbonyl (C=O) groups excluding carboxylic acids is 1. The quantitative estimate of drug-likeness (QED) is 0.856. The summed E-state index contributed by atoms with van der Waals surface area (Å²) in [6.07, 6.45) is 1.56. The monoisotopic (exact) mass is 270 g/mol. The van der Waals surface area contributed by atoms with Crippen molar-refractivity contribution >= 4 is 22.5 Å². The number of hydrogen-bond donors (Lipinski definition) is 2. The number of amides is 1. The van der Waals surface area contributed by atoms with Crippen LogP contribution in [0, 0.1) is 5.92 Å². The first-order chi connectivity index (χ1) is 9.58. The molecule has 1 saturated heterocycles. The maximum atomic E-state index is 11.7. The number of benzene rings is 1. The van der Waals surface area contributed by atoms with Crippen LogP contribution >= 0.6 is 0 Å². The minimum Gasteiger partial charge on any atom is -0.368 e. The molecule has 5 nitrogen and oxygen atoms in total. The van der Waals surface area contributed by atoms with E-state index in [-0.39, 0.29) is 6.04 Å². The predicted molar refractivity (Wildman–Crippen MR) is 79.6 cm³/mol. The first kappa shape index (κ1) is 12.9. The third-order valence-electron chi connectivity index (χ3n) is 4.00. The van der Waals surface area contributed by atoms with Crippen molar-refractivity contribution in [2.45, 2.75) is 13.0 Å². The van der Waals surface area contributed by atoms with Crippen molar-refractivity contribution in [2.24, 2.45) is 17.4 Å². The van der Waals surface area contributed by atoms with Crippen LogP contribution in [0.4, 0.5) is 5.69 Å². The van der Waals surface area contributed by atoms with Gasteiger partial charge in [0, 0.05) is 30.7 Å². The van der Waals surface area contributed by atoms with Gasteiger partial charge in [-0.15, -0.1) is 0 Å². The number of anilines is 1. The molecule has 1 aromatic carbocycles. The van der Waals surface area contributed by atoms with Gasteiger partial charge in [-0.1, -0.05) is 25.1 Å². The Kier molecular flexibility index (Phi) is 3.06. The van der Waals surface area contributed by atoms with Crippen LogP contribution in [0.5, 0.6) is 0 Å². The Hall–Kier alpha value is -2.14. The van der Waals surface area contributed by atoms with Gasteiger partial charge in [0.1, 0.15) is 0 Å². The fourth-order valence-electron chi connectivity index (χ4n) is 2.82. The van der Waals surface area contributed by atoms with E-state index in [2.05, 4.69) is 16.8 Å². The number of primary amides is 1. The molecule has 1 aliphatic rings. The van der Waals surface area contributed by atoms with Crippen LogP contribution in [0.2, 0.25) is 0 Å². The third kappa shape index (κ3) is 2.00. The highest BCUT2D eigenvalue weighted by Gasteiger charge is 2.30. The molecule has 5 heteroatoms. The van der Waals surface area contributed by atoms with Gasteiger partial charge < -0.3 is 16.4 Å². The number of nitrogens with zero attached hydrogens (tertiary/aromatic N) is 2. The van der Waals surface area contributed by atoms with Crippen LogP contribution in [-0.2, 0) is 0 Å². The first-order valence-corrected chi connectivity index (χ1v) is 6.76. The number of rotatable bonds is 2. The first-order valence-electron chi connectivity index (χ1n) is 6.76. The van der Waals surface area contributed by atoms with Gasteiger partial charge >= 0.3 is 0 Å². The van der Waals surface area contributed by atoms with Gasteiger partial charge in [0.25, 0.3) is 5.91 Å². The van der Waals surface area contributed by atoms with E-state index in [1.807, 2.05) is 24.3 Å². The van der Waals surface area contributed by atoms with E-state index in [0.717, 1.165) is 29.7 Å². The van der Waals surface area contributed by atoms with Gasteiger partial charge in [0.15, 0.2) is 0 Å². The summed E-state index contributed by atoms with van der Waals surface area (Å²) >= 11 is 0. The Labute approximate surface area is 117 Å². The van der Waals surface area contributed by atoms with E-state index in [4.69, 9.17) is 11.5 Å². The molecule has 1 amide bonds. The summed E-state index contributed by atoms with van der Waals surface area (Å²) < 4.78 is 0. The smallest absolute Gasteiger partial charge is 0.252 e. The van der Waals surface area contributed by atoms with Crippen molar-refractivity contribution in [3.05, 3.63) is 36.0 Å². The molecular formula is C15H18N4O. The number of aromatic nitrogens is 1. The number of nitrogens with two attached hydrogens (primary N) is 2. The second-order valence-electron chi connectivity index (χ2n) is 5.45. The molecule has 0 radical (unpaired) electrons. The van der Waals surface area contributed by atoms with Gasteiger partial charge in [-0.25, -0.2) is 0 Å². The van der Waals surface area contributed by atoms with Crippen LogP contribution < -0.4 is 16.4 Å². The maximum absolute atomic E-state index is 11.7. The summed E-state index contributed by atoms with van der Waals surface area (Å²) in [5.41, 5.74) is 13.8. The second kappa shape index (κ2) is 4.76. The number of para-hydroxylation sites is 1. The van der Waals surface area contributed by atoms with E-state index in [9.17, 15) is 4.79 Å². The van der Waals surface area contributed by atoms with Crippen LogP contribution in [-0.4, -0.2) is 30.0 Å². The molecule has 2 heterocycles. The van der Waals surface area contributed by atoms with Crippen LogP contribution in [0.3, 0.4) is 0 Å². The molecule has 0 aliphatic carbocycles. The molecule has 0 spiro atoms. The van der Waals surface area contributed by atoms with Crippen LogP contribution in [0.25, 0.3) is 10.9 Å². The zero-order valence-electron chi connectivity index (χ0n) is 11.4. The molecule has 1 aliphatic heterocycles. The topological polar surface area (TPSA) is 85.2 Å². The standard InChI is InChI=1S/C15H18N4O/c1-9-7-19(8-12(9)16)14-10-4-2-3-5-13(10)18-6-11(14)15(17)20/h2-6,9,12H,7-8,16H2,1H3,(H2,17,20). The summed E-state index contributed by atoms with van der Waals surface area (Å²) in [5.74, 6) is -0.0611. The van der Waals surface area contributed by atoms with Gasteiger partial charge in [-0.2, -0.15) is 0 Å². The van der Waals surface area contributed by atoms with Crippen LogP contribution in [0.1, 0.15) is 17.3 Å². The summed E-state index contributed by atoms with van der Waals surface area (Å²) in [4.78, 5) is 18.2. The van der Waals surface area contributed by atoms with Gasteiger partial charge in [0.2, 0.25) is 0 Å². The Balaban J connectivity index is 2.20. The van der Waals surface area contributed by atoms with E-state index >= 15 is 0 Å². The molecule has 2 aromatic rings. The third-order valence-corrected chi connectivity index (χ3v) is 4.00. The molecule has 20 heavy (non-hydrogen) atoms. The van der Waals surface area contributed by atoms with Crippen molar-refractivity contribution < 1.29 is 4.79 Å². The minimum atomic E-state index is -0.452. The minimum absolute atomic E-state index is 0.114. The highest BCUT2D eigenvalue weighted by Crippen LogP contribution is 2.32. The summed E-state index contributed by atoms with van der Waals surface area (Å²) in [6.45, 7) is 3.68. The van der Waals surface area contributed by atoms with Crippen molar-refractivity contribution in [3.63, 3.8) is 0 Å². The SMILES string of the molecule is CC1CN(c2c(C(N)=O)cnc3ccccc23)CC1N. The van der Waals surface area contributed by atoms with E-state index in [1.165, 1.54) is 0 Å². The maximum Gasteiger partial charge on any atom is 0.252 e. The largest absolute Gasteiger partial charge is 0.368 e. The second-order valence-corrected chi connectivity index (χ2v) is 5.45. The average molecular weight is 270 g/mol. The summed E-state index contributed by atoms with van der Waals surface area (Å²) in [5, 5.41) is 0.949. The predicted octanol–water partition coefficient (Wildman–Crippen LogP) is 1.12. The lowest BCUT2D eigenvalue weighted by atomic mass is 10.1. The zero-order chi connectivity index (χ0) is 14.3. The van der Waals surface area contributed by atoms with E-state index in [1.54, 1.807) is 6.20 Å². The van der Waals surface area contributed by atoms with Crippen LogP contribution in [0.15, 0.2) is 30.5 Å². The van der Waals surface area contributed by atoms with Gasteiger partial charge in [0.05, 0.1) is 16.8 Å². The average Bonchev–Trinajstić information content (AvgIpc) is 2.77. The summed E-state index contributed by atoms with van der Waals surface area (Å²) in [6, 6.07) is 7.89. The lowest BCUT2D eigenvalue weighted by Gasteiger charge is -2.22. The number of fused-ring (bicyclic) bond motifs is 1. The van der Waals surface area contributed by atoms with E-state index in [0.29, 0.717) is 11.5 Å². The van der Waals surface area contributed by atoms with Crippen molar-refractivity contribution in [3.8, 4) is 0 Å². The van der Waals surface area contributed by atoms with Crippen molar-refractivity contribution in [1.29, 1.82) is 0 Å². The zero-order valence-corrected chi connectivity index (χ0v) is 11.4. The molecule has 3 rings (SSSR count). The van der Waals surface area contributed by atoms with E-state index < -0.39 is 5.91 Å². The Morgan fingerprint density at radius 2 is 2.10 bits per heavy atom. The molecule has 0 bridgehead atoms. The number of hydrogen-bond acceptors (Lipinski definition) is 4. The number of pyridine rings is 1. The van der Waals surface area contributed by atoms with Crippen molar-refractivity contribution in [2.75, 3.05) is 18.0 Å². The fourth-order valence-corrected chi connectivity index (χ4v) is 2.82. The normalized spacial score (nSPS) is 22.4. The fraction of sp³-hybridized carbons (Fsp3) is 0.333. The molecule has 0 saturated carbocycles. The lowest BCUT2D eigenvalue weighted by molar-refractivity contribution is 0.100. The van der Waals surface area contributed by atoms with Gasteiger partial charge in [-0.3, -0.25) is 9.78 Å². The lowest BCUT2D eigenvalue weighted by Crippen LogP contribution is -2.29. The Morgan fingerprint density at radius 3 is 2.75 bits per heavy atom. The molecule has 1 aromatic heterocycles. The summed E-state index contributed by atoms with van der Waals surface area (Å²) in [7, 11) is 0. The molecule has 2 atom stereocenters. The molecule has 1 fully saturated rings. The Morgan fingerprint density at radius 1 is 1.35 bits per heavy atom. The molecule has 4 N–H and O–H groups in total. The highest BCUT2D eigenvalue weighted by molar-refractivity contribution is 6.06.